The average molecular weight is 156 g/mol. The fourth-order valence-electron chi connectivity index (χ4n) is 0.642. The van der Waals surface area contributed by atoms with Crippen molar-refractivity contribution in [3.63, 3.8) is 0 Å². The molecular weight excluding hydrogens is 144 g/mol. The number of carbonyl (C=O) groups is 1. The molecule has 0 aliphatic heterocycles. The summed E-state index contributed by atoms with van der Waals surface area (Å²) in [6, 6.07) is 0. The number of carboxylic acid groups (broad SMARTS) is 1. The Balaban J connectivity index is 3.53. The van der Waals surface area contributed by atoms with Crippen LogP contribution in [0.1, 0.15) is 19.8 Å². The first-order valence-electron chi connectivity index (χ1n) is 3.47. The number of terminal acetylenes is 1. The van der Waals surface area contributed by atoms with Crippen molar-refractivity contribution >= 4 is 5.97 Å². The van der Waals surface area contributed by atoms with Crippen LogP contribution in [-0.2, 0) is 9.53 Å². The molecule has 0 amide bonds. The Hall–Kier alpha value is -1.01. The van der Waals surface area contributed by atoms with Gasteiger partial charge >= 0.3 is 5.97 Å². The lowest BCUT2D eigenvalue weighted by molar-refractivity contribution is -0.144. The van der Waals surface area contributed by atoms with Gasteiger partial charge in [0, 0.05) is 6.42 Å². The molecular formula is C8H12O3. The molecule has 11 heavy (non-hydrogen) atoms. The van der Waals surface area contributed by atoms with Gasteiger partial charge in [-0.2, -0.15) is 0 Å². The Kier molecular flexibility index (Phi) is 5.22. The molecule has 0 radical (unpaired) electrons. The van der Waals surface area contributed by atoms with E-state index in [9.17, 15) is 4.79 Å². The molecule has 0 bridgehead atoms. The van der Waals surface area contributed by atoms with Crippen LogP contribution < -0.4 is 0 Å². The second-order valence-electron chi connectivity index (χ2n) is 2.14. The highest BCUT2D eigenvalue weighted by Gasteiger charge is 2.06. The first-order valence-corrected chi connectivity index (χ1v) is 3.47. The van der Waals surface area contributed by atoms with Crippen molar-refractivity contribution in [1.29, 1.82) is 0 Å². The minimum absolute atomic E-state index is 0.115. The standard InChI is InChI=1S/C8H12O3/c1-3-5-7(4-2)11-6-8(9)10/h1,7H,4-6H2,2H3,(H,9,10)/t7-/m0/s1. The highest BCUT2D eigenvalue weighted by Crippen LogP contribution is 2.01. The number of hydrogen-bond donors (Lipinski definition) is 1. The lowest BCUT2D eigenvalue weighted by Crippen LogP contribution is -2.16. The summed E-state index contributed by atoms with van der Waals surface area (Å²) in [5.41, 5.74) is 0. The van der Waals surface area contributed by atoms with E-state index in [4.69, 9.17) is 16.3 Å². The van der Waals surface area contributed by atoms with E-state index in [2.05, 4.69) is 5.92 Å². The van der Waals surface area contributed by atoms with Crippen LogP contribution in [0.3, 0.4) is 0 Å². The third-order valence-corrected chi connectivity index (χ3v) is 1.24. The summed E-state index contributed by atoms with van der Waals surface area (Å²) in [6.45, 7) is 1.64. The van der Waals surface area contributed by atoms with Gasteiger partial charge in [-0.1, -0.05) is 6.92 Å². The van der Waals surface area contributed by atoms with E-state index in [0.29, 0.717) is 6.42 Å². The maximum atomic E-state index is 10.0. The van der Waals surface area contributed by atoms with Crippen molar-refractivity contribution in [3.8, 4) is 12.3 Å². The van der Waals surface area contributed by atoms with Gasteiger partial charge in [-0.3, -0.25) is 0 Å². The monoisotopic (exact) mass is 156 g/mol. The molecule has 3 nitrogen and oxygen atoms in total. The van der Waals surface area contributed by atoms with E-state index in [1.54, 1.807) is 0 Å². The third-order valence-electron chi connectivity index (χ3n) is 1.24. The zero-order valence-corrected chi connectivity index (χ0v) is 6.54. The average Bonchev–Trinajstić information content (AvgIpc) is 1.97. The van der Waals surface area contributed by atoms with E-state index in [0.717, 1.165) is 6.42 Å². The molecule has 3 heteroatoms. The maximum absolute atomic E-state index is 10.0. The van der Waals surface area contributed by atoms with Crippen molar-refractivity contribution in [2.75, 3.05) is 6.61 Å². The number of carboxylic acids is 1. The lowest BCUT2D eigenvalue weighted by Gasteiger charge is -2.10. The summed E-state index contributed by atoms with van der Waals surface area (Å²) in [4.78, 5) is 10.0. The second-order valence-corrected chi connectivity index (χ2v) is 2.14. The van der Waals surface area contributed by atoms with E-state index in [-0.39, 0.29) is 12.7 Å². The van der Waals surface area contributed by atoms with Gasteiger partial charge in [0.05, 0.1) is 6.10 Å². The van der Waals surface area contributed by atoms with Crippen molar-refractivity contribution in [1.82, 2.24) is 0 Å². The zero-order chi connectivity index (χ0) is 8.69. The van der Waals surface area contributed by atoms with E-state index >= 15 is 0 Å². The van der Waals surface area contributed by atoms with E-state index in [1.807, 2.05) is 6.92 Å². The predicted octanol–water partition coefficient (Wildman–Crippen LogP) is 0.889. The van der Waals surface area contributed by atoms with Crippen molar-refractivity contribution in [2.45, 2.75) is 25.9 Å². The van der Waals surface area contributed by atoms with Gasteiger partial charge in [0.2, 0.25) is 0 Å². The van der Waals surface area contributed by atoms with Crippen LogP contribution in [0, 0.1) is 12.3 Å². The summed E-state index contributed by atoms with van der Waals surface area (Å²) >= 11 is 0. The smallest absolute Gasteiger partial charge is 0.329 e. The van der Waals surface area contributed by atoms with Gasteiger partial charge in [-0.15, -0.1) is 12.3 Å². The number of hydrogen-bond acceptors (Lipinski definition) is 2. The van der Waals surface area contributed by atoms with Crippen LogP contribution in [0.5, 0.6) is 0 Å². The Morgan fingerprint density at radius 3 is 2.82 bits per heavy atom. The molecule has 0 aliphatic carbocycles. The first kappa shape index (κ1) is 9.99. The molecule has 0 rings (SSSR count). The third kappa shape index (κ3) is 5.43. The molecule has 0 aromatic heterocycles. The summed E-state index contributed by atoms with van der Waals surface area (Å²) in [5.74, 6) is 1.47. The summed E-state index contributed by atoms with van der Waals surface area (Å²) in [7, 11) is 0. The summed E-state index contributed by atoms with van der Waals surface area (Å²) in [5, 5.41) is 8.25. The normalized spacial score (nSPS) is 12.0. The highest BCUT2D eigenvalue weighted by molar-refractivity contribution is 5.68. The van der Waals surface area contributed by atoms with Crippen LogP contribution >= 0.6 is 0 Å². The van der Waals surface area contributed by atoms with Gasteiger partial charge in [0.1, 0.15) is 6.61 Å². The van der Waals surface area contributed by atoms with Gasteiger partial charge in [-0.05, 0) is 6.42 Å². The van der Waals surface area contributed by atoms with Crippen molar-refractivity contribution in [3.05, 3.63) is 0 Å². The molecule has 0 fully saturated rings. The highest BCUT2D eigenvalue weighted by atomic mass is 16.5. The van der Waals surface area contributed by atoms with E-state index < -0.39 is 5.97 Å². The molecule has 0 saturated carbocycles. The summed E-state index contributed by atoms with van der Waals surface area (Å²) in [6.07, 6.45) is 6.14. The second kappa shape index (κ2) is 5.75. The van der Waals surface area contributed by atoms with Gasteiger partial charge in [0.15, 0.2) is 0 Å². The predicted molar refractivity (Wildman–Crippen MR) is 41.1 cm³/mol. The molecule has 0 unspecified atom stereocenters. The SMILES string of the molecule is C#CC[C@H](CC)OCC(=O)O. The fraction of sp³-hybridized carbons (Fsp3) is 0.625. The maximum Gasteiger partial charge on any atom is 0.329 e. The Bertz CT molecular complexity index is 157. The van der Waals surface area contributed by atoms with Crippen molar-refractivity contribution < 1.29 is 14.6 Å². The van der Waals surface area contributed by atoms with Gasteiger partial charge < -0.3 is 9.84 Å². The van der Waals surface area contributed by atoms with E-state index in [1.165, 1.54) is 0 Å². The van der Waals surface area contributed by atoms with Crippen LogP contribution in [-0.4, -0.2) is 23.8 Å². The Morgan fingerprint density at radius 1 is 1.82 bits per heavy atom. The Morgan fingerprint density at radius 2 is 2.45 bits per heavy atom. The largest absolute Gasteiger partial charge is 0.480 e. The summed E-state index contributed by atoms with van der Waals surface area (Å²) < 4.78 is 4.95. The van der Waals surface area contributed by atoms with Crippen molar-refractivity contribution in [2.24, 2.45) is 0 Å². The minimum atomic E-state index is -0.958. The van der Waals surface area contributed by atoms with Gasteiger partial charge in [0.25, 0.3) is 0 Å². The molecule has 0 spiro atoms. The fourth-order valence-corrected chi connectivity index (χ4v) is 0.642. The molecule has 0 aromatic carbocycles. The molecule has 0 aliphatic rings. The lowest BCUT2D eigenvalue weighted by atomic mass is 10.2. The minimum Gasteiger partial charge on any atom is -0.480 e. The van der Waals surface area contributed by atoms with Crippen LogP contribution in [0.15, 0.2) is 0 Å². The number of ether oxygens (including phenoxy) is 1. The molecule has 0 aromatic rings. The topological polar surface area (TPSA) is 46.5 Å². The molecule has 1 atom stereocenters. The molecule has 0 heterocycles. The zero-order valence-electron chi connectivity index (χ0n) is 6.54. The number of aliphatic carboxylic acids is 1. The molecule has 1 N–H and O–H groups in total. The van der Waals surface area contributed by atoms with Crippen LogP contribution in [0.4, 0.5) is 0 Å². The van der Waals surface area contributed by atoms with Crippen LogP contribution in [0.25, 0.3) is 0 Å². The van der Waals surface area contributed by atoms with Crippen LogP contribution in [0.2, 0.25) is 0 Å². The first-order chi connectivity index (χ1) is 5.20. The quantitative estimate of drug-likeness (QED) is 0.601. The van der Waals surface area contributed by atoms with Gasteiger partial charge in [-0.25, -0.2) is 4.79 Å². The molecule has 62 valence electrons. The molecule has 0 saturated heterocycles. The Labute approximate surface area is 66.4 Å². The number of rotatable bonds is 5.